The normalized spacial score (nSPS) is 11.9. The molecule has 0 spiro atoms. The van der Waals surface area contributed by atoms with E-state index in [1.54, 1.807) is 0 Å². The maximum Gasteiger partial charge on any atom is 0.0547 e. The summed E-state index contributed by atoms with van der Waals surface area (Å²) in [6, 6.07) is 71.5. The molecule has 0 amide bonds. The fourth-order valence-corrected chi connectivity index (χ4v) is 10.9. The second kappa shape index (κ2) is 12.4. The molecule has 0 radical (unpaired) electrons. The molecular formula is C52H32N2S2. The molecule has 4 heteroatoms. The van der Waals surface area contributed by atoms with Crippen LogP contribution in [0.4, 0.5) is 17.1 Å². The van der Waals surface area contributed by atoms with Crippen LogP contribution in [0.3, 0.4) is 0 Å². The number of hydrogen-bond donors (Lipinski definition) is 0. The van der Waals surface area contributed by atoms with E-state index in [1.807, 2.05) is 22.7 Å². The van der Waals surface area contributed by atoms with Crippen LogP contribution in [0.1, 0.15) is 0 Å². The first-order chi connectivity index (χ1) is 27.7. The van der Waals surface area contributed by atoms with Crippen LogP contribution in [0, 0.1) is 0 Å². The minimum Gasteiger partial charge on any atom is -0.310 e. The van der Waals surface area contributed by atoms with Gasteiger partial charge in [-0.3, -0.25) is 0 Å². The highest BCUT2D eigenvalue weighted by Gasteiger charge is 2.18. The largest absolute Gasteiger partial charge is 0.310 e. The van der Waals surface area contributed by atoms with Crippen LogP contribution in [0.2, 0.25) is 0 Å². The molecule has 0 aliphatic carbocycles. The highest BCUT2D eigenvalue weighted by atomic mass is 32.1. The van der Waals surface area contributed by atoms with Crippen molar-refractivity contribution in [2.24, 2.45) is 0 Å². The Labute approximate surface area is 331 Å². The van der Waals surface area contributed by atoms with Gasteiger partial charge >= 0.3 is 0 Å². The van der Waals surface area contributed by atoms with Crippen LogP contribution in [-0.2, 0) is 0 Å². The molecule has 0 bridgehead atoms. The van der Waals surface area contributed by atoms with Gasteiger partial charge < -0.3 is 9.47 Å². The van der Waals surface area contributed by atoms with Crippen LogP contribution in [0.5, 0.6) is 0 Å². The minimum atomic E-state index is 1.13. The summed E-state index contributed by atoms with van der Waals surface area (Å²) in [4.78, 5) is 2.41. The average Bonchev–Trinajstić information content (AvgIpc) is 3.92. The Morgan fingerprint density at radius 1 is 0.321 bits per heavy atom. The van der Waals surface area contributed by atoms with E-state index >= 15 is 0 Å². The van der Waals surface area contributed by atoms with Crippen molar-refractivity contribution in [3.05, 3.63) is 194 Å². The summed E-state index contributed by atoms with van der Waals surface area (Å²) in [5.74, 6) is 0. The molecule has 262 valence electrons. The first-order valence-corrected chi connectivity index (χ1v) is 20.6. The maximum absolute atomic E-state index is 2.41. The van der Waals surface area contributed by atoms with E-state index in [4.69, 9.17) is 0 Å². The third kappa shape index (κ3) is 4.93. The molecule has 9 aromatic carbocycles. The van der Waals surface area contributed by atoms with E-state index in [2.05, 4.69) is 204 Å². The van der Waals surface area contributed by atoms with Gasteiger partial charge in [0.2, 0.25) is 0 Å². The Morgan fingerprint density at radius 3 is 1.62 bits per heavy atom. The molecule has 3 heterocycles. The molecule has 0 aliphatic heterocycles. The van der Waals surface area contributed by atoms with E-state index < -0.39 is 0 Å². The van der Waals surface area contributed by atoms with Crippen LogP contribution in [0.15, 0.2) is 194 Å². The quantitative estimate of drug-likeness (QED) is 0.170. The molecule has 12 aromatic rings. The summed E-state index contributed by atoms with van der Waals surface area (Å²) < 4.78 is 7.65. The molecule has 12 rings (SSSR count). The fraction of sp³-hybridized carbons (Fsp3) is 0. The fourth-order valence-electron chi connectivity index (χ4n) is 8.69. The first kappa shape index (κ1) is 31.6. The number of para-hydroxylation sites is 1. The number of thiophene rings is 2. The van der Waals surface area contributed by atoms with Gasteiger partial charge in [0.15, 0.2) is 0 Å². The smallest absolute Gasteiger partial charge is 0.0547 e. The highest BCUT2D eigenvalue weighted by molar-refractivity contribution is 7.26. The topological polar surface area (TPSA) is 8.17 Å². The van der Waals surface area contributed by atoms with Crippen LogP contribution < -0.4 is 4.90 Å². The molecule has 0 N–H and O–H groups in total. The lowest BCUT2D eigenvalue weighted by molar-refractivity contribution is 1.18. The Balaban J connectivity index is 0.950. The van der Waals surface area contributed by atoms with Crippen molar-refractivity contribution in [1.29, 1.82) is 0 Å². The van der Waals surface area contributed by atoms with Crippen molar-refractivity contribution >= 4 is 113 Å². The molecule has 0 saturated heterocycles. The molecule has 2 nitrogen and oxygen atoms in total. The first-order valence-electron chi connectivity index (χ1n) is 19.0. The third-order valence-electron chi connectivity index (χ3n) is 11.4. The summed E-state index contributed by atoms with van der Waals surface area (Å²) in [5.41, 5.74) is 9.41. The van der Waals surface area contributed by atoms with Crippen molar-refractivity contribution < 1.29 is 0 Å². The van der Waals surface area contributed by atoms with E-state index in [1.165, 1.54) is 84.0 Å². The van der Waals surface area contributed by atoms with Gasteiger partial charge in [0, 0.05) is 73.9 Å². The predicted molar refractivity (Wildman–Crippen MR) is 244 cm³/mol. The Morgan fingerprint density at radius 2 is 0.857 bits per heavy atom. The van der Waals surface area contributed by atoms with Crippen LogP contribution in [0.25, 0.3) is 89.7 Å². The zero-order valence-electron chi connectivity index (χ0n) is 30.2. The summed E-state index contributed by atoms with van der Waals surface area (Å²) in [6.07, 6.45) is 0. The number of aromatic nitrogens is 1. The van der Waals surface area contributed by atoms with Gasteiger partial charge in [-0.2, -0.15) is 0 Å². The second-order valence-corrected chi connectivity index (χ2v) is 16.7. The number of nitrogens with zero attached hydrogens (tertiary/aromatic N) is 2. The van der Waals surface area contributed by atoms with Gasteiger partial charge in [-0.25, -0.2) is 0 Å². The molecule has 3 aromatic heterocycles. The minimum absolute atomic E-state index is 1.13. The van der Waals surface area contributed by atoms with Gasteiger partial charge in [-0.1, -0.05) is 109 Å². The standard InChI is InChI=1S/C52H32N2S2/c1-2-10-36-30-48-45(29-35(36)9-1)41-11-3-6-14-47(41)54(48)38-23-19-34(20-24-38)33-17-21-37(22-18-33)53(39-26-28-51-46(31-39)43-13-5-8-16-50(43)55-51)40-25-27-44-42-12-4-7-15-49(42)56-52(44)32-40/h1-32H. The number of rotatable bonds is 5. The monoisotopic (exact) mass is 748 g/mol. The lowest BCUT2D eigenvalue weighted by Crippen LogP contribution is -2.09. The summed E-state index contributed by atoms with van der Waals surface area (Å²) in [7, 11) is 0. The van der Waals surface area contributed by atoms with Gasteiger partial charge in [0.25, 0.3) is 0 Å². The summed E-state index contributed by atoms with van der Waals surface area (Å²) in [6.45, 7) is 0. The molecule has 0 aliphatic rings. The SMILES string of the molecule is c1ccc2cc3c(cc2c1)c1ccccc1n3-c1ccc(-c2ccc(N(c3ccc4c(c3)sc3ccccc34)c3ccc4sc5ccccc5c4c3)cc2)cc1. The lowest BCUT2D eigenvalue weighted by Gasteiger charge is -2.26. The highest BCUT2D eigenvalue weighted by Crippen LogP contribution is 2.44. The van der Waals surface area contributed by atoms with E-state index in [0.29, 0.717) is 0 Å². The summed E-state index contributed by atoms with van der Waals surface area (Å²) >= 11 is 3.72. The second-order valence-electron chi connectivity index (χ2n) is 14.6. The van der Waals surface area contributed by atoms with Crippen molar-refractivity contribution in [2.75, 3.05) is 4.90 Å². The summed E-state index contributed by atoms with van der Waals surface area (Å²) in [5, 5.41) is 10.3. The van der Waals surface area contributed by atoms with Crippen molar-refractivity contribution in [3.8, 4) is 16.8 Å². The van der Waals surface area contributed by atoms with E-state index in [9.17, 15) is 0 Å². The maximum atomic E-state index is 2.41. The zero-order valence-corrected chi connectivity index (χ0v) is 31.8. The lowest BCUT2D eigenvalue weighted by atomic mass is 10.0. The Hall–Kier alpha value is -6.72. The third-order valence-corrected chi connectivity index (χ3v) is 13.6. The average molecular weight is 749 g/mol. The van der Waals surface area contributed by atoms with Crippen molar-refractivity contribution in [3.63, 3.8) is 0 Å². The molecular weight excluding hydrogens is 717 g/mol. The van der Waals surface area contributed by atoms with E-state index in [-0.39, 0.29) is 0 Å². The number of benzene rings is 9. The molecule has 56 heavy (non-hydrogen) atoms. The van der Waals surface area contributed by atoms with E-state index in [0.717, 1.165) is 22.7 Å². The molecule has 0 saturated carbocycles. The van der Waals surface area contributed by atoms with Gasteiger partial charge in [-0.15, -0.1) is 22.7 Å². The van der Waals surface area contributed by atoms with Crippen LogP contribution >= 0.6 is 22.7 Å². The van der Waals surface area contributed by atoms with Crippen LogP contribution in [-0.4, -0.2) is 4.57 Å². The van der Waals surface area contributed by atoms with Crippen molar-refractivity contribution in [2.45, 2.75) is 0 Å². The van der Waals surface area contributed by atoms with Gasteiger partial charge in [0.05, 0.1) is 11.0 Å². The van der Waals surface area contributed by atoms with Crippen molar-refractivity contribution in [1.82, 2.24) is 4.57 Å². The van der Waals surface area contributed by atoms with Gasteiger partial charge in [-0.05, 0) is 107 Å². The zero-order chi connectivity index (χ0) is 36.7. The molecule has 0 atom stereocenters. The molecule has 0 unspecified atom stereocenters. The number of fused-ring (bicyclic) bond motifs is 10. The predicted octanol–water partition coefficient (Wildman–Crippen LogP) is 15.8. The Kier molecular flexibility index (Phi) is 7.00. The molecule has 0 fully saturated rings. The number of anilines is 3. The Bertz CT molecular complexity index is 3480. The van der Waals surface area contributed by atoms with Gasteiger partial charge in [0.1, 0.15) is 0 Å². The number of hydrogen-bond acceptors (Lipinski definition) is 3.